The number of nitrogens with zero attached hydrogens (tertiary/aromatic N) is 3. The van der Waals surface area contributed by atoms with Crippen LogP contribution in [0.3, 0.4) is 0 Å². The van der Waals surface area contributed by atoms with Gasteiger partial charge in [0.2, 0.25) is 16.9 Å². The number of likely N-dealkylation sites (tertiary alicyclic amines) is 1. The Kier molecular flexibility index (Phi) is 5.25. The van der Waals surface area contributed by atoms with E-state index in [0.29, 0.717) is 17.1 Å². The maximum atomic E-state index is 13.5. The molecule has 162 valence electrons. The number of carbonyl (C=O) groups excluding carboxylic acids is 2. The average Bonchev–Trinajstić information content (AvgIpc) is 3.42. The summed E-state index contributed by atoms with van der Waals surface area (Å²) in [5, 5.41) is 3.76. The van der Waals surface area contributed by atoms with Gasteiger partial charge in [0.05, 0.1) is 21.7 Å². The highest BCUT2D eigenvalue weighted by atomic mass is 32.1. The van der Waals surface area contributed by atoms with E-state index in [1.807, 2.05) is 31.2 Å². The Morgan fingerprint density at radius 1 is 1.13 bits per heavy atom. The molecule has 1 unspecified atom stereocenters. The molecule has 31 heavy (non-hydrogen) atoms. The molecule has 1 saturated carbocycles. The van der Waals surface area contributed by atoms with E-state index in [4.69, 9.17) is 0 Å². The first-order valence-electron chi connectivity index (χ1n) is 11.1. The smallest absolute Gasteiger partial charge is 0.277 e. The van der Waals surface area contributed by atoms with Crippen molar-refractivity contribution < 1.29 is 9.59 Å². The summed E-state index contributed by atoms with van der Waals surface area (Å²) < 4.78 is 2.44. The number of aromatic amines is 1. The molecule has 2 aliphatic rings. The van der Waals surface area contributed by atoms with Gasteiger partial charge in [0, 0.05) is 18.2 Å². The van der Waals surface area contributed by atoms with Gasteiger partial charge in [0.1, 0.15) is 0 Å². The van der Waals surface area contributed by atoms with Crippen LogP contribution < -0.4 is 5.56 Å². The van der Waals surface area contributed by atoms with Crippen molar-refractivity contribution in [1.82, 2.24) is 19.7 Å². The summed E-state index contributed by atoms with van der Waals surface area (Å²) in [6.45, 7) is 2.03. The zero-order chi connectivity index (χ0) is 21.5. The van der Waals surface area contributed by atoms with E-state index in [0.717, 1.165) is 54.4 Å². The molecule has 2 amide bonds. The SMILES string of the molecule is CCCc1[nH]n(-c2nc3ccccc3s2)c(=O)c1C1CC(=O)N(C2CCCCC2)C1=O. The molecule has 2 fully saturated rings. The van der Waals surface area contributed by atoms with Crippen molar-refractivity contribution in [3.63, 3.8) is 0 Å². The molecule has 1 aliphatic heterocycles. The molecule has 1 aromatic carbocycles. The lowest BCUT2D eigenvalue weighted by atomic mass is 9.93. The van der Waals surface area contributed by atoms with E-state index in [1.54, 1.807) is 0 Å². The number of fused-ring (bicyclic) bond motifs is 1. The predicted octanol–water partition coefficient (Wildman–Crippen LogP) is 3.90. The number of H-pyrrole nitrogens is 1. The molecule has 0 spiro atoms. The van der Waals surface area contributed by atoms with E-state index in [9.17, 15) is 14.4 Å². The summed E-state index contributed by atoms with van der Waals surface area (Å²) in [4.78, 5) is 45.7. The van der Waals surface area contributed by atoms with Crippen LogP contribution in [-0.4, -0.2) is 37.5 Å². The predicted molar refractivity (Wildman–Crippen MR) is 120 cm³/mol. The Labute approximate surface area is 184 Å². The molecule has 1 saturated heterocycles. The summed E-state index contributed by atoms with van der Waals surface area (Å²) in [6.07, 6.45) is 6.53. The van der Waals surface area contributed by atoms with Crippen molar-refractivity contribution in [2.24, 2.45) is 0 Å². The Morgan fingerprint density at radius 3 is 2.65 bits per heavy atom. The standard InChI is InChI=1S/C23H26N4O3S/c1-2-8-17-20(15-13-19(28)26(21(15)29)14-9-4-3-5-10-14)22(30)27(25-17)23-24-16-11-6-7-12-18(16)31-23/h6-7,11-12,14-15,25H,2-5,8-10,13H2,1H3. The second-order valence-corrected chi connectivity index (χ2v) is 9.52. The number of aryl methyl sites for hydroxylation is 1. The third-order valence-corrected chi connectivity index (χ3v) is 7.47. The third kappa shape index (κ3) is 3.43. The highest BCUT2D eigenvalue weighted by molar-refractivity contribution is 7.20. The summed E-state index contributed by atoms with van der Waals surface area (Å²) in [7, 11) is 0. The van der Waals surface area contributed by atoms with E-state index in [-0.39, 0.29) is 29.8 Å². The second kappa shape index (κ2) is 8.07. The summed E-state index contributed by atoms with van der Waals surface area (Å²) in [6, 6.07) is 7.73. The zero-order valence-corrected chi connectivity index (χ0v) is 18.4. The minimum Gasteiger partial charge on any atom is -0.293 e. The largest absolute Gasteiger partial charge is 0.293 e. The molecule has 2 aromatic heterocycles. The van der Waals surface area contributed by atoms with Crippen LogP contribution in [0.15, 0.2) is 29.1 Å². The third-order valence-electron chi connectivity index (χ3n) is 6.45. The van der Waals surface area contributed by atoms with Crippen molar-refractivity contribution in [1.29, 1.82) is 0 Å². The zero-order valence-electron chi connectivity index (χ0n) is 17.6. The molecular weight excluding hydrogens is 412 g/mol. The number of thiazole rings is 1. The molecule has 3 aromatic rings. The van der Waals surface area contributed by atoms with E-state index in [1.165, 1.54) is 20.9 Å². The molecule has 1 N–H and O–H groups in total. The van der Waals surface area contributed by atoms with E-state index < -0.39 is 5.92 Å². The van der Waals surface area contributed by atoms with Crippen molar-refractivity contribution >= 4 is 33.4 Å². The molecule has 0 bridgehead atoms. The Morgan fingerprint density at radius 2 is 1.90 bits per heavy atom. The number of nitrogens with one attached hydrogen (secondary N) is 1. The number of benzene rings is 1. The van der Waals surface area contributed by atoms with Crippen molar-refractivity contribution in [3.8, 4) is 5.13 Å². The van der Waals surface area contributed by atoms with Gasteiger partial charge in [-0.05, 0) is 31.4 Å². The number of hydrogen-bond donors (Lipinski definition) is 1. The monoisotopic (exact) mass is 438 g/mol. The number of amides is 2. The van der Waals surface area contributed by atoms with Gasteiger partial charge in [-0.3, -0.25) is 24.4 Å². The first kappa shape index (κ1) is 20.2. The number of aromatic nitrogens is 3. The highest BCUT2D eigenvalue weighted by Gasteiger charge is 2.45. The van der Waals surface area contributed by atoms with Gasteiger partial charge < -0.3 is 0 Å². The Bertz CT molecular complexity index is 1170. The van der Waals surface area contributed by atoms with Crippen molar-refractivity contribution in [3.05, 3.63) is 45.9 Å². The summed E-state index contributed by atoms with van der Waals surface area (Å²) >= 11 is 1.43. The van der Waals surface area contributed by atoms with Gasteiger partial charge in [0.25, 0.3) is 5.56 Å². The van der Waals surface area contributed by atoms with Crippen LogP contribution in [0.2, 0.25) is 0 Å². The lowest BCUT2D eigenvalue weighted by molar-refractivity contribution is -0.142. The first-order chi connectivity index (χ1) is 15.1. The van der Waals surface area contributed by atoms with Crippen LogP contribution in [0.4, 0.5) is 0 Å². The van der Waals surface area contributed by atoms with Crippen LogP contribution in [0.5, 0.6) is 0 Å². The van der Waals surface area contributed by atoms with Gasteiger partial charge >= 0.3 is 0 Å². The molecule has 5 rings (SSSR count). The number of imide groups is 1. The minimum absolute atomic E-state index is 0.0150. The van der Waals surface area contributed by atoms with Gasteiger partial charge in [-0.2, -0.15) is 4.68 Å². The maximum absolute atomic E-state index is 13.5. The molecular formula is C23H26N4O3S. The quantitative estimate of drug-likeness (QED) is 0.612. The minimum atomic E-state index is -0.699. The lowest BCUT2D eigenvalue weighted by Crippen LogP contribution is -2.41. The van der Waals surface area contributed by atoms with Gasteiger partial charge in [0.15, 0.2) is 0 Å². The van der Waals surface area contributed by atoms with Crippen LogP contribution in [-0.2, 0) is 16.0 Å². The Balaban J connectivity index is 1.55. The number of carbonyl (C=O) groups is 2. The first-order valence-corrected chi connectivity index (χ1v) is 12.0. The van der Waals surface area contributed by atoms with Crippen LogP contribution >= 0.6 is 11.3 Å². The fourth-order valence-electron chi connectivity index (χ4n) is 4.99. The van der Waals surface area contributed by atoms with Gasteiger partial charge in [-0.25, -0.2) is 4.98 Å². The fourth-order valence-corrected chi connectivity index (χ4v) is 5.91. The van der Waals surface area contributed by atoms with Crippen LogP contribution in [0.1, 0.15) is 69.0 Å². The van der Waals surface area contributed by atoms with Gasteiger partial charge in [-0.15, -0.1) is 0 Å². The summed E-state index contributed by atoms with van der Waals surface area (Å²) in [5.74, 6) is -1.05. The number of para-hydroxylation sites is 1. The second-order valence-electron chi connectivity index (χ2n) is 8.51. The average molecular weight is 439 g/mol. The molecule has 3 heterocycles. The molecule has 1 atom stereocenters. The normalized spacial score (nSPS) is 20.3. The molecule has 1 aliphatic carbocycles. The Hall–Kier alpha value is -2.74. The lowest BCUT2D eigenvalue weighted by Gasteiger charge is -2.29. The topological polar surface area (TPSA) is 88.1 Å². The highest BCUT2D eigenvalue weighted by Crippen LogP contribution is 2.35. The van der Waals surface area contributed by atoms with E-state index >= 15 is 0 Å². The molecule has 8 heteroatoms. The summed E-state index contributed by atoms with van der Waals surface area (Å²) in [5.41, 5.74) is 1.75. The van der Waals surface area contributed by atoms with Crippen LogP contribution in [0, 0.1) is 0 Å². The number of rotatable bonds is 5. The fraction of sp³-hybridized carbons (Fsp3) is 0.478. The van der Waals surface area contributed by atoms with E-state index in [2.05, 4.69) is 10.1 Å². The van der Waals surface area contributed by atoms with Crippen molar-refractivity contribution in [2.45, 2.75) is 70.3 Å². The molecule has 7 nitrogen and oxygen atoms in total. The molecule has 0 radical (unpaired) electrons. The van der Waals surface area contributed by atoms with Crippen molar-refractivity contribution in [2.75, 3.05) is 0 Å². The van der Waals surface area contributed by atoms with Gasteiger partial charge in [-0.1, -0.05) is 56.1 Å². The maximum Gasteiger partial charge on any atom is 0.277 e. The number of hydrogen-bond acceptors (Lipinski definition) is 5. The van der Waals surface area contributed by atoms with Crippen LogP contribution in [0.25, 0.3) is 15.3 Å².